The maximum Gasteiger partial charge on any atom is 0.198 e. The van der Waals surface area contributed by atoms with Gasteiger partial charge in [-0.3, -0.25) is 4.98 Å². The van der Waals surface area contributed by atoms with Crippen LogP contribution in [0.25, 0.3) is 0 Å². The van der Waals surface area contributed by atoms with Crippen LogP contribution in [0.15, 0.2) is 24.5 Å². The smallest absolute Gasteiger partial charge is 0.198 e. The van der Waals surface area contributed by atoms with Crippen molar-refractivity contribution in [3.05, 3.63) is 24.5 Å². The van der Waals surface area contributed by atoms with Crippen molar-refractivity contribution in [3.8, 4) is 0 Å². The Morgan fingerprint density at radius 1 is 1.44 bits per heavy atom. The Morgan fingerprint density at radius 3 is 2.56 bits per heavy atom. The monoisotopic (exact) mass is 122 g/mol. The summed E-state index contributed by atoms with van der Waals surface area (Å²) in [5.41, 5.74) is 1.14. The van der Waals surface area contributed by atoms with Gasteiger partial charge < -0.3 is 0 Å². The van der Waals surface area contributed by atoms with E-state index >= 15 is 0 Å². The summed E-state index contributed by atoms with van der Waals surface area (Å²) < 4.78 is 0. The quantitative estimate of drug-likeness (QED) is 0.510. The molecule has 47 valence electrons. The molecular formula is C7H10N2+. The molecule has 0 aliphatic carbocycles. The average Bonchev–Trinajstić information content (AvgIpc) is 1.90. The van der Waals surface area contributed by atoms with E-state index in [1.54, 1.807) is 6.20 Å². The van der Waals surface area contributed by atoms with E-state index in [4.69, 9.17) is 0 Å². The molecule has 0 spiro atoms. The summed E-state index contributed by atoms with van der Waals surface area (Å²) in [6.45, 7) is 0. The maximum absolute atomic E-state index is 3.96. The SMILES string of the molecule is C[N+](C)c1cccnc1. The topological polar surface area (TPSA) is 18.8 Å². The molecule has 2 heteroatoms. The van der Waals surface area contributed by atoms with E-state index in [1.165, 1.54) is 0 Å². The lowest BCUT2D eigenvalue weighted by Crippen LogP contribution is -2.09. The predicted octanol–water partition coefficient (Wildman–Crippen LogP) is 1.11. The van der Waals surface area contributed by atoms with Crippen LogP contribution in [-0.4, -0.2) is 19.1 Å². The molecule has 0 saturated heterocycles. The summed E-state index contributed by atoms with van der Waals surface area (Å²) in [6.07, 6.45) is 3.60. The van der Waals surface area contributed by atoms with Gasteiger partial charge in [0.1, 0.15) is 14.1 Å². The molecule has 0 amide bonds. The van der Waals surface area contributed by atoms with Crippen molar-refractivity contribution in [2.24, 2.45) is 0 Å². The molecule has 1 rings (SSSR count). The number of nitrogens with zero attached hydrogens (tertiary/aromatic N) is 2. The third-order valence-electron chi connectivity index (χ3n) is 1.16. The molecule has 0 N–H and O–H groups in total. The second-order valence-electron chi connectivity index (χ2n) is 2.11. The molecule has 0 aliphatic rings. The molecule has 0 unspecified atom stereocenters. The second-order valence-corrected chi connectivity index (χ2v) is 2.11. The number of rotatable bonds is 1. The van der Waals surface area contributed by atoms with Crippen LogP contribution < -0.4 is 4.90 Å². The van der Waals surface area contributed by atoms with E-state index in [0.29, 0.717) is 0 Å². The largest absolute Gasteiger partial charge is 0.258 e. The van der Waals surface area contributed by atoms with Crippen LogP contribution in [0.1, 0.15) is 0 Å². The van der Waals surface area contributed by atoms with Crippen LogP contribution in [0, 0.1) is 0 Å². The van der Waals surface area contributed by atoms with Crippen LogP contribution in [0.5, 0.6) is 0 Å². The van der Waals surface area contributed by atoms with Gasteiger partial charge in [0, 0.05) is 12.3 Å². The van der Waals surface area contributed by atoms with E-state index in [0.717, 1.165) is 5.69 Å². The highest BCUT2D eigenvalue weighted by Crippen LogP contribution is 2.04. The number of hydrogen-bond donors (Lipinski definition) is 0. The summed E-state index contributed by atoms with van der Waals surface area (Å²) in [7, 11) is 3.99. The van der Waals surface area contributed by atoms with Crippen molar-refractivity contribution in [1.29, 1.82) is 0 Å². The first-order chi connectivity index (χ1) is 4.30. The maximum atomic E-state index is 3.96. The number of hydrogen-bond acceptors (Lipinski definition) is 2. The summed E-state index contributed by atoms with van der Waals surface area (Å²) in [6, 6.07) is 3.95. The molecule has 2 nitrogen and oxygen atoms in total. The second kappa shape index (κ2) is 2.60. The first-order valence-corrected chi connectivity index (χ1v) is 2.88. The fourth-order valence-corrected chi connectivity index (χ4v) is 0.618. The van der Waals surface area contributed by atoms with Crippen LogP contribution >= 0.6 is 0 Å². The van der Waals surface area contributed by atoms with Crippen LogP contribution in [0.3, 0.4) is 0 Å². The molecule has 0 aliphatic heterocycles. The molecule has 1 aromatic heterocycles. The predicted molar refractivity (Wildman–Crippen MR) is 37.9 cm³/mol. The Bertz CT molecular complexity index is 170. The summed E-state index contributed by atoms with van der Waals surface area (Å²) in [5, 5.41) is 0. The first kappa shape index (κ1) is 6.23. The van der Waals surface area contributed by atoms with Crippen molar-refractivity contribution >= 4 is 5.69 Å². The fourth-order valence-electron chi connectivity index (χ4n) is 0.618. The van der Waals surface area contributed by atoms with Crippen molar-refractivity contribution in [1.82, 2.24) is 9.88 Å². The van der Waals surface area contributed by atoms with Gasteiger partial charge >= 0.3 is 0 Å². The molecular weight excluding hydrogens is 112 g/mol. The minimum Gasteiger partial charge on any atom is -0.258 e. The lowest BCUT2D eigenvalue weighted by atomic mass is 10.4. The highest BCUT2D eigenvalue weighted by Gasteiger charge is 2.01. The Morgan fingerprint density at radius 2 is 2.22 bits per heavy atom. The molecule has 0 saturated carbocycles. The van der Waals surface area contributed by atoms with Gasteiger partial charge in [0.05, 0.1) is 6.20 Å². The molecule has 0 atom stereocenters. The van der Waals surface area contributed by atoms with E-state index in [2.05, 4.69) is 4.98 Å². The van der Waals surface area contributed by atoms with Crippen molar-refractivity contribution in [3.63, 3.8) is 0 Å². The Labute approximate surface area is 55.1 Å². The molecule has 0 aromatic carbocycles. The normalized spacial score (nSPS) is 10.1. The van der Waals surface area contributed by atoms with E-state index < -0.39 is 0 Å². The summed E-state index contributed by atoms with van der Waals surface area (Å²) >= 11 is 0. The Kier molecular flexibility index (Phi) is 1.80. The number of anilines is 1. The van der Waals surface area contributed by atoms with Gasteiger partial charge in [-0.2, -0.15) is 0 Å². The third-order valence-corrected chi connectivity index (χ3v) is 1.16. The molecule has 9 heavy (non-hydrogen) atoms. The zero-order valence-electron chi connectivity index (χ0n) is 5.70. The molecule has 1 aromatic rings. The number of aromatic nitrogens is 1. The van der Waals surface area contributed by atoms with E-state index in [1.807, 2.05) is 37.3 Å². The van der Waals surface area contributed by atoms with Crippen LogP contribution in [0.4, 0.5) is 5.69 Å². The van der Waals surface area contributed by atoms with Gasteiger partial charge in [-0.05, 0) is 6.07 Å². The summed E-state index contributed by atoms with van der Waals surface area (Å²) in [5.74, 6) is 0. The number of pyridine rings is 1. The first-order valence-electron chi connectivity index (χ1n) is 2.88. The van der Waals surface area contributed by atoms with Gasteiger partial charge in [-0.25, -0.2) is 0 Å². The van der Waals surface area contributed by atoms with Gasteiger partial charge in [-0.15, -0.1) is 4.90 Å². The van der Waals surface area contributed by atoms with Crippen LogP contribution in [-0.2, 0) is 0 Å². The lowest BCUT2D eigenvalue weighted by Gasteiger charge is -1.95. The summed E-state index contributed by atoms with van der Waals surface area (Å²) in [4.78, 5) is 5.99. The zero-order valence-corrected chi connectivity index (χ0v) is 5.70. The van der Waals surface area contributed by atoms with Gasteiger partial charge in [0.2, 0.25) is 0 Å². The highest BCUT2D eigenvalue weighted by atomic mass is 15.1. The van der Waals surface area contributed by atoms with Crippen molar-refractivity contribution in [2.75, 3.05) is 14.1 Å². The Balaban J connectivity index is 2.85. The standard InChI is InChI=1S/C7H10N2/c1-9(2)7-4-3-5-8-6-7/h3-6H,1-2H3/q+1. The van der Waals surface area contributed by atoms with E-state index in [-0.39, 0.29) is 0 Å². The molecule has 0 fully saturated rings. The minimum absolute atomic E-state index is 1.14. The third kappa shape index (κ3) is 1.50. The molecule has 1 heterocycles. The highest BCUT2D eigenvalue weighted by molar-refractivity contribution is 5.33. The van der Waals surface area contributed by atoms with Crippen LogP contribution in [0.2, 0.25) is 0 Å². The minimum atomic E-state index is 1.14. The molecule has 0 bridgehead atoms. The van der Waals surface area contributed by atoms with Gasteiger partial charge in [-0.1, -0.05) is 0 Å². The van der Waals surface area contributed by atoms with Crippen molar-refractivity contribution in [2.45, 2.75) is 0 Å². The molecule has 1 radical (unpaired) electrons. The van der Waals surface area contributed by atoms with Gasteiger partial charge in [0.15, 0.2) is 5.69 Å². The zero-order chi connectivity index (χ0) is 6.69. The Hall–Kier alpha value is -0.890. The average molecular weight is 122 g/mol. The van der Waals surface area contributed by atoms with Crippen molar-refractivity contribution < 1.29 is 0 Å². The fraction of sp³-hybridized carbons (Fsp3) is 0.286. The van der Waals surface area contributed by atoms with E-state index in [9.17, 15) is 0 Å². The van der Waals surface area contributed by atoms with Gasteiger partial charge in [0.25, 0.3) is 0 Å². The lowest BCUT2D eigenvalue weighted by molar-refractivity contribution is 0.758.